The Morgan fingerprint density at radius 2 is 1.58 bits per heavy atom. The minimum absolute atomic E-state index is 0.664. The molecule has 74 valence electrons. The number of rotatable bonds is 6. The van der Waals surface area contributed by atoms with Crippen LogP contribution in [-0.4, -0.2) is 13.1 Å². The predicted octanol–water partition coefficient (Wildman–Crippen LogP) is 3.06. The molecule has 1 heteroatoms. The fourth-order valence-electron chi connectivity index (χ4n) is 1.38. The second-order valence-electron chi connectivity index (χ2n) is 4.38. The van der Waals surface area contributed by atoms with E-state index in [2.05, 4.69) is 33.0 Å². The van der Waals surface area contributed by atoms with E-state index in [-0.39, 0.29) is 0 Å². The van der Waals surface area contributed by atoms with E-state index < -0.39 is 0 Å². The first-order valence-electron chi connectivity index (χ1n) is 5.25. The second-order valence-corrected chi connectivity index (χ2v) is 4.38. The number of nitrogens with one attached hydrogen (secondary N) is 1. The van der Waals surface area contributed by atoms with Gasteiger partial charge in [0.05, 0.1) is 0 Å². The highest BCUT2D eigenvalue weighted by atomic mass is 14.9. The Morgan fingerprint density at radius 3 is 2.00 bits per heavy atom. The topological polar surface area (TPSA) is 12.0 Å². The van der Waals surface area contributed by atoms with Crippen LogP contribution in [0.4, 0.5) is 0 Å². The van der Waals surface area contributed by atoms with E-state index >= 15 is 0 Å². The average Bonchev–Trinajstić information content (AvgIpc) is 2.02. The van der Waals surface area contributed by atoms with Crippen LogP contribution in [0.3, 0.4) is 0 Å². The van der Waals surface area contributed by atoms with Gasteiger partial charge in [-0.05, 0) is 32.2 Å². The Balaban J connectivity index is 3.37. The van der Waals surface area contributed by atoms with Crippen LogP contribution in [0, 0.1) is 11.8 Å². The van der Waals surface area contributed by atoms with Crippen molar-refractivity contribution >= 4 is 0 Å². The van der Waals surface area contributed by atoms with Gasteiger partial charge >= 0.3 is 0 Å². The van der Waals surface area contributed by atoms with Crippen molar-refractivity contribution in [2.24, 2.45) is 11.8 Å². The van der Waals surface area contributed by atoms with Crippen molar-refractivity contribution in [3.63, 3.8) is 0 Å². The van der Waals surface area contributed by atoms with Crippen molar-refractivity contribution in [2.45, 2.75) is 53.0 Å². The highest BCUT2D eigenvalue weighted by Gasteiger charge is 2.09. The largest absolute Gasteiger partial charge is 0.317 e. The van der Waals surface area contributed by atoms with Crippen LogP contribution in [-0.2, 0) is 0 Å². The van der Waals surface area contributed by atoms with Gasteiger partial charge in [-0.25, -0.2) is 0 Å². The van der Waals surface area contributed by atoms with E-state index in [0.717, 1.165) is 11.8 Å². The van der Waals surface area contributed by atoms with Gasteiger partial charge in [0.15, 0.2) is 0 Å². The van der Waals surface area contributed by atoms with E-state index in [9.17, 15) is 0 Å². The van der Waals surface area contributed by atoms with Gasteiger partial charge in [0, 0.05) is 6.04 Å². The summed E-state index contributed by atoms with van der Waals surface area (Å²) in [6.45, 7) is 9.19. The van der Waals surface area contributed by atoms with Crippen molar-refractivity contribution in [1.82, 2.24) is 5.32 Å². The summed E-state index contributed by atoms with van der Waals surface area (Å²) < 4.78 is 0. The molecular weight excluding hydrogens is 146 g/mol. The van der Waals surface area contributed by atoms with Crippen molar-refractivity contribution < 1.29 is 0 Å². The maximum Gasteiger partial charge on any atom is 0.00613 e. The highest BCUT2D eigenvalue weighted by Crippen LogP contribution is 2.14. The first-order chi connectivity index (χ1) is 5.57. The van der Waals surface area contributed by atoms with Gasteiger partial charge in [-0.3, -0.25) is 0 Å². The van der Waals surface area contributed by atoms with Crippen LogP contribution in [0.1, 0.15) is 47.0 Å². The third-order valence-corrected chi connectivity index (χ3v) is 2.75. The van der Waals surface area contributed by atoms with E-state index in [1.54, 1.807) is 0 Å². The van der Waals surface area contributed by atoms with Crippen LogP contribution < -0.4 is 5.32 Å². The molecule has 0 saturated heterocycles. The summed E-state index contributed by atoms with van der Waals surface area (Å²) >= 11 is 0. The lowest BCUT2D eigenvalue weighted by Crippen LogP contribution is -2.28. The van der Waals surface area contributed by atoms with Gasteiger partial charge in [-0.15, -0.1) is 0 Å². The molecule has 12 heavy (non-hydrogen) atoms. The minimum Gasteiger partial charge on any atom is -0.317 e. The molecule has 2 unspecified atom stereocenters. The summed E-state index contributed by atoms with van der Waals surface area (Å²) in [6.07, 6.45) is 4.12. The lowest BCUT2D eigenvalue weighted by atomic mass is 9.95. The molecule has 0 aromatic heterocycles. The van der Waals surface area contributed by atoms with E-state index in [1.165, 1.54) is 19.3 Å². The van der Waals surface area contributed by atoms with E-state index in [1.807, 2.05) is 7.05 Å². The summed E-state index contributed by atoms with van der Waals surface area (Å²) in [4.78, 5) is 0. The SMILES string of the molecule is CNC(C)C(C)CCCC(C)C. The van der Waals surface area contributed by atoms with Gasteiger partial charge in [0.25, 0.3) is 0 Å². The standard InChI is InChI=1S/C11H25N/c1-9(2)7-6-8-10(3)11(4)12-5/h9-12H,6-8H2,1-5H3. The molecule has 0 amide bonds. The average molecular weight is 171 g/mol. The summed E-state index contributed by atoms with van der Waals surface area (Å²) in [7, 11) is 2.05. The third kappa shape index (κ3) is 5.59. The van der Waals surface area contributed by atoms with Crippen molar-refractivity contribution in [2.75, 3.05) is 7.05 Å². The molecule has 0 aliphatic heterocycles. The van der Waals surface area contributed by atoms with Crippen molar-refractivity contribution in [3.05, 3.63) is 0 Å². The molecular formula is C11H25N. The molecule has 0 rings (SSSR count). The Kier molecular flexibility index (Phi) is 6.45. The summed E-state index contributed by atoms with van der Waals surface area (Å²) in [5, 5.41) is 3.30. The maximum absolute atomic E-state index is 3.30. The van der Waals surface area contributed by atoms with Gasteiger partial charge in [-0.1, -0.05) is 33.6 Å². The molecule has 0 fully saturated rings. The molecule has 2 atom stereocenters. The fraction of sp³-hybridized carbons (Fsp3) is 1.00. The Labute approximate surface area is 77.9 Å². The smallest absolute Gasteiger partial charge is 0.00613 e. The maximum atomic E-state index is 3.30. The van der Waals surface area contributed by atoms with Crippen LogP contribution in [0.5, 0.6) is 0 Å². The molecule has 0 aromatic rings. The first kappa shape index (κ1) is 12.0. The zero-order chi connectivity index (χ0) is 9.56. The summed E-state index contributed by atoms with van der Waals surface area (Å²) in [6, 6.07) is 0.664. The Bertz CT molecular complexity index is 99.2. The van der Waals surface area contributed by atoms with Gasteiger partial charge in [0.2, 0.25) is 0 Å². The van der Waals surface area contributed by atoms with Gasteiger partial charge < -0.3 is 5.32 Å². The zero-order valence-electron chi connectivity index (χ0n) is 9.35. The van der Waals surface area contributed by atoms with Crippen LogP contribution in [0.25, 0.3) is 0 Å². The molecule has 0 aliphatic rings. The normalized spacial score (nSPS) is 16.5. The lowest BCUT2D eigenvalue weighted by molar-refractivity contribution is 0.375. The minimum atomic E-state index is 0.664. The number of hydrogen-bond donors (Lipinski definition) is 1. The molecule has 1 N–H and O–H groups in total. The van der Waals surface area contributed by atoms with Crippen LogP contribution in [0.15, 0.2) is 0 Å². The molecule has 0 heterocycles. The molecule has 0 aromatic carbocycles. The quantitative estimate of drug-likeness (QED) is 0.647. The lowest BCUT2D eigenvalue weighted by Gasteiger charge is -2.19. The van der Waals surface area contributed by atoms with Crippen LogP contribution >= 0.6 is 0 Å². The van der Waals surface area contributed by atoms with Gasteiger partial charge in [-0.2, -0.15) is 0 Å². The highest BCUT2D eigenvalue weighted by molar-refractivity contribution is 4.66. The number of hydrogen-bond acceptors (Lipinski definition) is 1. The molecule has 0 saturated carbocycles. The Hall–Kier alpha value is -0.0400. The summed E-state index contributed by atoms with van der Waals surface area (Å²) in [5.74, 6) is 1.68. The monoisotopic (exact) mass is 171 g/mol. The van der Waals surface area contributed by atoms with Crippen molar-refractivity contribution in [1.29, 1.82) is 0 Å². The van der Waals surface area contributed by atoms with E-state index in [4.69, 9.17) is 0 Å². The molecule has 0 bridgehead atoms. The van der Waals surface area contributed by atoms with Gasteiger partial charge in [0.1, 0.15) is 0 Å². The second kappa shape index (κ2) is 6.47. The molecule has 0 radical (unpaired) electrons. The summed E-state index contributed by atoms with van der Waals surface area (Å²) in [5.41, 5.74) is 0. The predicted molar refractivity (Wildman–Crippen MR) is 56.4 cm³/mol. The molecule has 0 aliphatic carbocycles. The van der Waals surface area contributed by atoms with E-state index in [0.29, 0.717) is 6.04 Å². The molecule has 0 spiro atoms. The fourth-order valence-corrected chi connectivity index (χ4v) is 1.38. The third-order valence-electron chi connectivity index (χ3n) is 2.75. The zero-order valence-corrected chi connectivity index (χ0v) is 9.35. The van der Waals surface area contributed by atoms with Crippen LogP contribution in [0.2, 0.25) is 0 Å². The first-order valence-corrected chi connectivity index (χ1v) is 5.25. The Morgan fingerprint density at radius 1 is 1.00 bits per heavy atom. The van der Waals surface area contributed by atoms with Crippen molar-refractivity contribution in [3.8, 4) is 0 Å². The molecule has 1 nitrogen and oxygen atoms in total.